The van der Waals surface area contributed by atoms with Gasteiger partial charge in [0.2, 0.25) is 0 Å². The quantitative estimate of drug-likeness (QED) is 0.252. The summed E-state index contributed by atoms with van der Waals surface area (Å²) in [5.74, 6) is -3.81. The number of anilines is 1. The van der Waals surface area contributed by atoms with Crippen LogP contribution in [0.25, 0.3) is 22.2 Å². The number of hydrogen-bond donors (Lipinski definition) is 2. The van der Waals surface area contributed by atoms with Crippen molar-refractivity contribution in [3.8, 4) is 11.3 Å². The summed E-state index contributed by atoms with van der Waals surface area (Å²) < 4.78 is 64.8. The summed E-state index contributed by atoms with van der Waals surface area (Å²) in [7, 11) is 0. The Kier molecular flexibility index (Phi) is 6.47. The van der Waals surface area contributed by atoms with Gasteiger partial charge in [0.25, 0.3) is 11.7 Å². The molecular formula is C26H15F5N2O4. The lowest BCUT2D eigenvalue weighted by molar-refractivity contribution is -0.137. The van der Waals surface area contributed by atoms with Crippen LogP contribution in [0.4, 0.5) is 27.6 Å². The van der Waals surface area contributed by atoms with Gasteiger partial charge >= 0.3 is 12.1 Å². The normalized spacial score (nSPS) is 12.6. The van der Waals surface area contributed by atoms with Crippen molar-refractivity contribution in [3.05, 3.63) is 94.6 Å². The molecule has 3 aromatic carbocycles. The molecule has 1 amide bonds. The minimum Gasteiger partial charge on any atom is -0.478 e. The molecule has 0 spiro atoms. The summed E-state index contributed by atoms with van der Waals surface area (Å²) in [5, 5.41) is 11.9. The predicted molar refractivity (Wildman–Crippen MR) is 123 cm³/mol. The topological polar surface area (TPSA) is 96.4 Å². The van der Waals surface area contributed by atoms with E-state index < -0.39 is 41.0 Å². The van der Waals surface area contributed by atoms with Crippen LogP contribution in [0, 0.1) is 18.6 Å². The van der Waals surface area contributed by atoms with Crippen LogP contribution in [0.2, 0.25) is 0 Å². The first-order chi connectivity index (χ1) is 17.4. The number of alkyl halides is 3. The number of hydrogen-bond acceptors (Lipinski definition) is 4. The highest BCUT2D eigenvalue weighted by atomic mass is 19.4. The van der Waals surface area contributed by atoms with Crippen molar-refractivity contribution >= 4 is 34.3 Å². The molecule has 2 heterocycles. The number of fused-ring (bicyclic) bond motifs is 2. The average molecular weight is 514 g/mol. The van der Waals surface area contributed by atoms with Crippen molar-refractivity contribution in [2.75, 3.05) is 5.32 Å². The molecule has 0 unspecified atom stereocenters. The number of carbonyl (C=O) groups excluding carboxylic acids is 2. The van der Waals surface area contributed by atoms with E-state index in [9.17, 15) is 41.4 Å². The molecule has 37 heavy (non-hydrogen) atoms. The number of carboxylic acids is 1. The maximum atomic E-state index is 13.5. The summed E-state index contributed by atoms with van der Waals surface area (Å²) in [6.45, 7) is 1.44. The molecule has 1 aliphatic rings. The lowest BCUT2D eigenvalue weighted by Gasteiger charge is -2.13. The van der Waals surface area contributed by atoms with E-state index in [1.54, 1.807) is 0 Å². The van der Waals surface area contributed by atoms with Gasteiger partial charge in [-0.05, 0) is 61.0 Å². The Morgan fingerprint density at radius 2 is 1.62 bits per heavy atom. The van der Waals surface area contributed by atoms with Crippen LogP contribution < -0.4 is 5.32 Å². The summed E-state index contributed by atoms with van der Waals surface area (Å²) >= 11 is 0. The summed E-state index contributed by atoms with van der Waals surface area (Å²) in [6, 6.07) is 11.6. The van der Waals surface area contributed by atoms with Crippen molar-refractivity contribution in [2.24, 2.45) is 0 Å². The largest absolute Gasteiger partial charge is 0.478 e. The number of rotatable bonds is 2. The molecule has 2 N–H and O–H groups in total. The van der Waals surface area contributed by atoms with E-state index >= 15 is 0 Å². The van der Waals surface area contributed by atoms with Crippen LogP contribution in [0.5, 0.6) is 0 Å². The van der Waals surface area contributed by atoms with Gasteiger partial charge in [-0.2, -0.15) is 13.2 Å². The summed E-state index contributed by atoms with van der Waals surface area (Å²) in [5.41, 5.74) is 0.0657. The van der Waals surface area contributed by atoms with E-state index in [0.29, 0.717) is 5.69 Å². The number of ketones is 1. The summed E-state index contributed by atoms with van der Waals surface area (Å²) in [4.78, 5) is 37.6. The molecular weight excluding hydrogens is 499 g/mol. The smallest absolute Gasteiger partial charge is 0.416 e. The Hall–Kier alpha value is -4.67. The Morgan fingerprint density at radius 3 is 2.30 bits per heavy atom. The minimum atomic E-state index is -4.53. The number of nitrogens with zero attached hydrogens (tertiary/aromatic N) is 1. The number of benzene rings is 3. The average Bonchev–Trinajstić information content (AvgIpc) is 3.11. The number of carbonyl (C=O) groups is 3. The molecule has 4 aromatic rings. The second-order valence-corrected chi connectivity index (χ2v) is 7.98. The number of pyridine rings is 1. The molecule has 0 radical (unpaired) electrons. The standard InChI is InChI=1S/C18H11F4NO2.C8H4FNO2/c1-9-15(17(24)25)13-8-12(19)5-6-14(13)23-16(9)10-3-2-4-11(7-10)18(20,21)22;9-4-1-2-6-5(3-4)7(11)8(12)10-6/h2-8H,1H3,(H,24,25);1-3H,(H,10,11,12). The Bertz CT molecular complexity index is 1600. The van der Waals surface area contributed by atoms with E-state index in [1.807, 2.05) is 0 Å². The SMILES string of the molecule is Cc1c(-c2cccc(C(F)(F)F)c2)nc2ccc(F)cc2c1C(=O)O.O=C1Nc2ccc(F)cc2C1=O. The van der Waals surface area contributed by atoms with Gasteiger partial charge in [-0.25, -0.2) is 18.6 Å². The van der Waals surface area contributed by atoms with Gasteiger partial charge in [0.1, 0.15) is 11.6 Å². The van der Waals surface area contributed by atoms with Crippen molar-refractivity contribution < 1.29 is 41.4 Å². The zero-order valence-electron chi connectivity index (χ0n) is 18.8. The highest BCUT2D eigenvalue weighted by molar-refractivity contribution is 6.51. The van der Waals surface area contributed by atoms with Gasteiger partial charge in [0.15, 0.2) is 0 Å². The first-order valence-electron chi connectivity index (χ1n) is 10.5. The Labute approximate surface area is 205 Å². The predicted octanol–water partition coefficient (Wildman–Crippen LogP) is 6.03. The van der Waals surface area contributed by atoms with Crippen LogP contribution >= 0.6 is 0 Å². The van der Waals surface area contributed by atoms with Crippen LogP contribution in [0.3, 0.4) is 0 Å². The van der Waals surface area contributed by atoms with Gasteiger partial charge in [-0.3, -0.25) is 9.59 Å². The van der Waals surface area contributed by atoms with E-state index in [2.05, 4.69) is 10.3 Å². The lowest BCUT2D eigenvalue weighted by atomic mass is 9.97. The van der Waals surface area contributed by atoms with Gasteiger partial charge in [0, 0.05) is 10.9 Å². The van der Waals surface area contributed by atoms with Gasteiger partial charge in [-0.1, -0.05) is 12.1 Å². The van der Waals surface area contributed by atoms with Gasteiger partial charge in [0.05, 0.1) is 33.6 Å². The van der Waals surface area contributed by atoms with E-state index in [-0.39, 0.29) is 38.9 Å². The van der Waals surface area contributed by atoms with Crippen LogP contribution in [-0.4, -0.2) is 27.8 Å². The Balaban J connectivity index is 0.000000222. The monoisotopic (exact) mass is 514 g/mol. The zero-order valence-corrected chi connectivity index (χ0v) is 18.8. The number of aromatic nitrogens is 1. The zero-order chi connectivity index (χ0) is 27.1. The van der Waals surface area contributed by atoms with Crippen LogP contribution in [0.1, 0.15) is 31.8 Å². The number of halogens is 5. The third kappa shape index (κ3) is 5.01. The van der Waals surface area contributed by atoms with E-state index in [4.69, 9.17) is 0 Å². The lowest BCUT2D eigenvalue weighted by Crippen LogP contribution is -2.12. The first kappa shape index (κ1) is 25.4. The minimum absolute atomic E-state index is 0.0979. The molecule has 1 aliphatic heterocycles. The molecule has 0 bridgehead atoms. The molecule has 11 heteroatoms. The third-order valence-corrected chi connectivity index (χ3v) is 5.55. The van der Waals surface area contributed by atoms with Crippen molar-refractivity contribution in [3.63, 3.8) is 0 Å². The number of carboxylic acid groups (broad SMARTS) is 1. The summed E-state index contributed by atoms with van der Waals surface area (Å²) in [6.07, 6.45) is -4.53. The highest BCUT2D eigenvalue weighted by Gasteiger charge is 2.31. The maximum absolute atomic E-state index is 13.5. The maximum Gasteiger partial charge on any atom is 0.416 e. The van der Waals surface area contributed by atoms with Gasteiger partial charge < -0.3 is 10.4 Å². The molecule has 1 aromatic heterocycles. The van der Waals surface area contributed by atoms with Gasteiger partial charge in [-0.15, -0.1) is 0 Å². The molecule has 5 rings (SSSR count). The second kappa shape index (κ2) is 9.41. The van der Waals surface area contributed by atoms with E-state index in [0.717, 1.165) is 30.3 Å². The first-order valence-corrected chi connectivity index (χ1v) is 10.5. The molecule has 188 valence electrons. The Morgan fingerprint density at radius 1 is 0.946 bits per heavy atom. The second-order valence-electron chi connectivity index (χ2n) is 7.98. The molecule has 6 nitrogen and oxygen atoms in total. The molecule has 0 saturated carbocycles. The molecule has 0 saturated heterocycles. The van der Waals surface area contributed by atoms with Crippen molar-refractivity contribution in [1.29, 1.82) is 0 Å². The fourth-order valence-electron chi connectivity index (χ4n) is 3.84. The van der Waals surface area contributed by atoms with Crippen molar-refractivity contribution in [1.82, 2.24) is 4.98 Å². The van der Waals surface area contributed by atoms with Crippen molar-refractivity contribution in [2.45, 2.75) is 13.1 Å². The number of amides is 1. The van der Waals surface area contributed by atoms with Crippen LogP contribution in [0.15, 0.2) is 60.7 Å². The number of nitrogens with one attached hydrogen (secondary N) is 1. The van der Waals surface area contributed by atoms with Crippen LogP contribution in [-0.2, 0) is 11.0 Å². The number of aromatic carboxylic acids is 1. The fraction of sp³-hybridized carbons (Fsp3) is 0.0769. The number of Topliss-reactive ketones (excluding diaryl/α,β-unsaturated/α-hetero) is 1. The fourth-order valence-corrected chi connectivity index (χ4v) is 3.84. The third-order valence-electron chi connectivity index (χ3n) is 5.55. The molecule has 0 atom stereocenters. The van der Waals surface area contributed by atoms with E-state index in [1.165, 1.54) is 37.3 Å². The molecule has 0 fully saturated rings. The highest BCUT2D eigenvalue weighted by Crippen LogP contribution is 2.34. The molecule has 0 aliphatic carbocycles.